The smallest absolute Gasteiger partial charge is 0.223 e. The number of aryl methyl sites for hydroxylation is 1. The molecule has 0 spiro atoms. The molecule has 7 nitrogen and oxygen atoms in total. The van der Waals surface area contributed by atoms with Crippen molar-refractivity contribution in [3.8, 4) is 0 Å². The summed E-state index contributed by atoms with van der Waals surface area (Å²) in [6.07, 6.45) is 4.09. The van der Waals surface area contributed by atoms with Crippen molar-refractivity contribution in [1.82, 2.24) is 19.8 Å². The van der Waals surface area contributed by atoms with Crippen LogP contribution in [0.15, 0.2) is 4.52 Å². The van der Waals surface area contributed by atoms with Crippen LogP contribution in [-0.2, 0) is 10.0 Å². The number of rotatable bonds is 6. The summed E-state index contributed by atoms with van der Waals surface area (Å²) < 4.78 is 29.4. The van der Waals surface area contributed by atoms with E-state index in [4.69, 9.17) is 4.52 Å². The Hall–Kier alpha value is -0.990. The van der Waals surface area contributed by atoms with Gasteiger partial charge in [0.25, 0.3) is 0 Å². The molecule has 2 rings (SSSR count). The number of nitrogens with zero attached hydrogens (tertiary/aromatic N) is 3. The van der Waals surface area contributed by atoms with Crippen molar-refractivity contribution >= 4 is 10.0 Å². The van der Waals surface area contributed by atoms with E-state index < -0.39 is 10.0 Å². The van der Waals surface area contributed by atoms with Crippen LogP contribution >= 0.6 is 0 Å². The van der Waals surface area contributed by atoms with Gasteiger partial charge in [0.1, 0.15) is 0 Å². The Balaban J connectivity index is 1.83. The first-order chi connectivity index (χ1) is 8.96. The van der Waals surface area contributed by atoms with Crippen LogP contribution in [0.4, 0.5) is 0 Å². The van der Waals surface area contributed by atoms with E-state index in [2.05, 4.69) is 19.8 Å². The second-order valence-electron chi connectivity index (χ2n) is 4.89. The second kappa shape index (κ2) is 5.98. The molecule has 1 saturated heterocycles. The van der Waals surface area contributed by atoms with Crippen LogP contribution in [-0.4, -0.2) is 49.3 Å². The molecule has 0 aromatic carbocycles. The minimum Gasteiger partial charge on any atom is -0.340 e. The van der Waals surface area contributed by atoms with Crippen molar-refractivity contribution in [3.63, 3.8) is 0 Å². The maximum atomic E-state index is 11.0. The standard InChI is InChI=1S/C11H20N4O3S/c1-9-13-11(14-18-9)10-5-3-7-15(10)8-4-6-12-19(2,16)17/h10,12H,3-8H2,1-2H3. The van der Waals surface area contributed by atoms with E-state index in [1.54, 1.807) is 6.92 Å². The van der Waals surface area contributed by atoms with Crippen LogP contribution < -0.4 is 4.72 Å². The maximum Gasteiger partial charge on any atom is 0.223 e. The summed E-state index contributed by atoms with van der Waals surface area (Å²) in [7, 11) is -3.09. The lowest BCUT2D eigenvalue weighted by molar-refractivity contribution is 0.240. The lowest BCUT2D eigenvalue weighted by Gasteiger charge is -2.21. The van der Waals surface area contributed by atoms with Crippen LogP contribution in [0.2, 0.25) is 0 Å². The molecule has 1 aromatic rings. The highest BCUT2D eigenvalue weighted by Gasteiger charge is 2.29. The highest BCUT2D eigenvalue weighted by atomic mass is 32.2. The molecule has 0 bridgehead atoms. The van der Waals surface area contributed by atoms with Gasteiger partial charge in [0.2, 0.25) is 15.9 Å². The second-order valence-corrected chi connectivity index (χ2v) is 6.72. The molecule has 1 aliphatic rings. The summed E-state index contributed by atoms with van der Waals surface area (Å²) in [5.41, 5.74) is 0. The number of hydrogen-bond donors (Lipinski definition) is 1. The van der Waals surface area contributed by atoms with Crippen LogP contribution in [0, 0.1) is 6.92 Å². The Bertz CT molecular complexity index is 514. The lowest BCUT2D eigenvalue weighted by Crippen LogP contribution is -2.29. The Labute approximate surface area is 113 Å². The summed E-state index contributed by atoms with van der Waals surface area (Å²) >= 11 is 0. The fourth-order valence-corrected chi connectivity index (χ4v) is 2.89. The van der Waals surface area contributed by atoms with Gasteiger partial charge in [-0.3, -0.25) is 4.90 Å². The first-order valence-electron chi connectivity index (χ1n) is 6.44. The van der Waals surface area contributed by atoms with Gasteiger partial charge < -0.3 is 4.52 Å². The molecule has 2 heterocycles. The van der Waals surface area contributed by atoms with Crippen molar-refractivity contribution in [2.24, 2.45) is 0 Å². The fraction of sp³-hybridized carbons (Fsp3) is 0.818. The van der Waals surface area contributed by atoms with E-state index in [1.807, 2.05) is 0 Å². The van der Waals surface area contributed by atoms with Crippen LogP contribution in [0.25, 0.3) is 0 Å². The third-order valence-electron chi connectivity index (χ3n) is 3.19. The summed E-state index contributed by atoms with van der Waals surface area (Å²) in [5.74, 6) is 1.33. The third kappa shape index (κ3) is 4.26. The predicted octanol–water partition coefficient (Wildman–Crippen LogP) is 0.454. The topological polar surface area (TPSA) is 88.3 Å². The number of sulfonamides is 1. The molecule has 1 fully saturated rings. The minimum atomic E-state index is -3.09. The summed E-state index contributed by atoms with van der Waals surface area (Å²) in [6, 6.07) is 0.204. The molecule has 1 aliphatic heterocycles. The van der Waals surface area contributed by atoms with Crippen LogP contribution in [0.3, 0.4) is 0 Å². The summed E-state index contributed by atoms with van der Waals surface area (Å²) in [6.45, 7) is 4.08. The zero-order valence-corrected chi connectivity index (χ0v) is 12.1. The van der Waals surface area contributed by atoms with Crippen LogP contribution in [0.1, 0.15) is 37.0 Å². The first-order valence-corrected chi connectivity index (χ1v) is 8.34. The van der Waals surface area contributed by atoms with Gasteiger partial charge in [0.05, 0.1) is 12.3 Å². The normalized spacial score (nSPS) is 21.1. The molecule has 0 amide bonds. The average molecular weight is 288 g/mol. The molecule has 1 unspecified atom stereocenters. The monoisotopic (exact) mass is 288 g/mol. The van der Waals surface area contributed by atoms with Crippen molar-refractivity contribution in [2.75, 3.05) is 25.9 Å². The molecular weight excluding hydrogens is 268 g/mol. The molecule has 1 atom stereocenters. The van der Waals surface area contributed by atoms with Gasteiger partial charge >= 0.3 is 0 Å². The first kappa shape index (κ1) is 14.4. The van der Waals surface area contributed by atoms with Gasteiger partial charge in [-0.2, -0.15) is 4.98 Å². The van der Waals surface area contributed by atoms with Crippen molar-refractivity contribution in [3.05, 3.63) is 11.7 Å². The number of nitrogens with one attached hydrogen (secondary N) is 1. The molecule has 1 aromatic heterocycles. The molecule has 108 valence electrons. The number of likely N-dealkylation sites (tertiary alicyclic amines) is 1. The van der Waals surface area contributed by atoms with Gasteiger partial charge in [-0.05, 0) is 25.8 Å². The van der Waals surface area contributed by atoms with E-state index >= 15 is 0 Å². The average Bonchev–Trinajstić information content (AvgIpc) is 2.91. The SMILES string of the molecule is Cc1nc(C2CCCN2CCCNS(C)(=O)=O)no1. The van der Waals surface area contributed by atoms with Crippen molar-refractivity contribution in [1.29, 1.82) is 0 Å². The molecule has 19 heavy (non-hydrogen) atoms. The van der Waals surface area contributed by atoms with Gasteiger partial charge in [-0.15, -0.1) is 0 Å². The Kier molecular flexibility index (Phi) is 4.54. The molecule has 0 radical (unpaired) electrons. The largest absolute Gasteiger partial charge is 0.340 e. The van der Waals surface area contributed by atoms with E-state index in [1.165, 1.54) is 6.26 Å². The Morgan fingerprint density at radius 2 is 2.32 bits per heavy atom. The molecule has 1 N–H and O–H groups in total. The number of hydrogen-bond acceptors (Lipinski definition) is 6. The van der Waals surface area contributed by atoms with E-state index in [0.29, 0.717) is 12.4 Å². The van der Waals surface area contributed by atoms with Crippen molar-refractivity contribution in [2.45, 2.75) is 32.2 Å². The van der Waals surface area contributed by atoms with Gasteiger partial charge in [-0.1, -0.05) is 5.16 Å². The molecular formula is C11H20N4O3S. The zero-order chi connectivity index (χ0) is 13.9. The highest BCUT2D eigenvalue weighted by Crippen LogP contribution is 2.29. The quantitative estimate of drug-likeness (QED) is 0.765. The van der Waals surface area contributed by atoms with E-state index in [9.17, 15) is 8.42 Å². The Morgan fingerprint density at radius 1 is 1.53 bits per heavy atom. The Morgan fingerprint density at radius 3 is 2.95 bits per heavy atom. The van der Waals surface area contributed by atoms with Crippen LogP contribution in [0.5, 0.6) is 0 Å². The van der Waals surface area contributed by atoms with Gasteiger partial charge in [-0.25, -0.2) is 13.1 Å². The van der Waals surface area contributed by atoms with Crippen molar-refractivity contribution < 1.29 is 12.9 Å². The molecule has 0 saturated carbocycles. The third-order valence-corrected chi connectivity index (χ3v) is 3.92. The lowest BCUT2D eigenvalue weighted by atomic mass is 10.2. The molecule has 8 heteroatoms. The minimum absolute atomic E-state index is 0.204. The summed E-state index contributed by atoms with van der Waals surface area (Å²) in [4.78, 5) is 6.57. The maximum absolute atomic E-state index is 11.0. The van der Waals surface area contributed by atoms with E-state index in [0.717, 1.165) is 38.2 Å². The summed E-state index contributed by atoms with van der Waals surface area (Å²) in [5, 5.41) is 3.98. The highest BCUT2D eigenvalue weighted by molar-refractivity contribution is 7.88. The number of aromatic nitrogens is 2. The van der Waals surface area contributed by atoms with E-state index in [-0.39, 0.29) is 6.04 Å². The molecule has 0 aliphatic carbocycles. The zero-order valence-electron chi connectivity index (χ0n) is 11.3. The fourth-order valence-electron chi connectivity index (χ4n) is 2.38. The van der Waals surface area contributed by atoms with Gasteiger partial charge in [0, 0.05) is 20.0 Å². The van der Waals surface area contributed by atoms with Gasteiger partial charge in [0.15, 0.2) is 5.82 Å². The predicted molar refractivity (Wildman–Crippen MR) is 70.0 cm³/mol.